The van der Waals surface area contributed by atoms with Crippen molar-refractivity contribution in [2.75, 3.05) is 19.3 Å². The van der Waals surface area contributed by atoms with Gasteiger partial charge in [0.15, 0.2) is 0 Å². The first-order valence-corrected chi connectivity index (χ1v) is 11.0. The van der Waals surface area contributed by atoms with E-state index in [4.69, 9.17) is 17.2 Å². The van der Waals surface area contributed by atoms with Gasteiger partial charge in [-0.25, -0.2) is 0 Å². The summed E-state index contributed by atoms with van der Waals surface area (Å²) in [6.45, 7) is 3.61. The van der Waals surface area contributed by atoms with Gasteiger partial charge < -0.3 is 10.4 Å². The predicted molar refractivity (Wildman–Crippen MR) is 122 cm³/mol. The maximum absolute atomic E-state index is 10.3. The van der Waals surface area contributed by atoms with Crippen molar-refractivity contribution in [2.24, 2.45) is 4.99 Å². The Morgan fingerprint density at radius 3 is 2.85 bits per heavy atom. The number of hydrogen-bond donors (Lipinski definition) is 2. The Morgan fingerprint density at radius 1 is 1.22 bits per heavy atom. The molecule has 0 unspecified atom stereocenters. The third-order valence-corrected chi connectivity index (χ3v) is 6.30. The van der Waals surface area contributed by atoms with Gasteiger partial charge in [-0.2, -0.15) is 0 Å². The van der Waals surface area contributed by atoms with Crippen LogP contribution in [0.4, 0.5) is 0 Å². The fraction of sp³-hybridized carbons (Fsp3) is 0.364. The second-order valence-electron chi connectivity index (χ2n) is 6.73. The zero-order valence-electron chi connectivity index (χ0n) is 15.9. The number of benzene rings is 2. The van der Waals surface area contributed by atoms with Crippen molar-refractivity contribution < 1.29 is 5.11 Å². The molecule has 1 aliphatic carbocycles. The van der Waals surface area contributed by atoms with Gasteiger partial charge in [-0.15, -0.1) is 11.8 Å². The van der Waals surface area contributed by atoms with E-state index in [-0.39, 0.29) is 0 Å². The lowest BCUT2D eigenvalue weighted by molar-refractivity contribution is 0.475. The van der Waals surface area contributed by atoms with Crippen LogP contribution in [0.1, 0.15) is 38.2 Å². The molecule has 0 aromatic heterocycles. The fourth-order valence-electron chi connectivity index (χ4n) is 3.57. The van der Waals surface area contributed by atoms with E-state index >= 15 is 0 Å². The van der Waals surface area contributed by atoms with E-state index in [1.165, 1.54) is 17.7 Å². The van der Waals surface area contributed by atoms with E-state index in [0.717, 1.165) is 58.6 Å². The summed E-state index contributed by atoms with van der Waals surface area (Å²) in [5, 5.41) is 16.0. The summed E-state index contributed by atoms with van der Waals surface area (Å²) in [5.74, 6) is 0.291. The van der Waals surface area contributed by atoms with E-state index in [1.54, 1.807) is 17.8 Å². The van der Waals surface area contributed by atoms with Crippen LogP contribution in [0, 0.1) is 0 Å². The van der Waals surface area contributed by atoms with Crippen molar-refractivity contribution in [3.63, 3.8) is 0 Å². The summed E-state index contributed by atoms with van der Waals surface area (Å²) in [5.41, 5.74) is 4.38. The molecule has 0 spiro atoms. The molecule has 5 heteroatoms. The van der Waals surface area contributed by atoms with Crippen LogP contribution < -0.4 is 5.32 Å². The Morgan fingerprint density at radius 2 is 2.04 bits per heavy atom. The highest BCUT2D eigenvalue weighted by Crippen LogP contribution is 2.29. The van der Waals surface area contributed by atoms with Gasteiger partial charge in [0, 0.05) is 30.1 Å². The number of phenols is 1. The van der Waals surface area contributed by atoms with Crippen LogP contribution in [0.5, 0.6) is 5.75 Å². The number of nitrogens with one attached hydrogen (secondary N) is 1. The number of thiocarbonyl (C=S) groups is 1. The molecule has 2 aromatic carbocycles. The molecule has 0 aliphatic heterocycles. The monoisotopic (exact) mass is 398 g/mol. The Kier molecular flexibility index (Phi) is 6.91. The summed E-state index contributed by atoms with van der Waals surface area (Å²) in [4.78, 5) is 4.71. The molecular weight excluding hydrogens is 372 g/mol. The van der Waals surface area contributed by atoms with Gasteiger partial charge in [0.25, 0.3) is 0 Å². The van der Waals surface area contributed by atoms with Crippen molar-refractivity contribution in [1.82, 2.24) is 5.32 Å². The molecule has 3 nitrogen and oxygen atoms in total. The van der Waals surface area contributed by atoms with Gasteiger partial charge in [0.1, 0.15) is 5.75 Å². The maximum Gasteiger partial charge on any atom is 0.125 e. The number of fused-ring (bicyclic) bond motifs is 1. The quantitative estimate of drug-likeness (QED) is 0.369. The Hall–Kier alpha value is -1.85. The molecule has 142 valence electrons. The largest absolute Gasteiger partial charge is 0.507 e. The van der Waals surface area contributed by atoms with E-state index in [9.17, 15) is 5.11 Å². The van der Waals surface area contributed by atoms with Gasteiger partial charge in [0.05, 0.1) is 4.20 Å². The summed E-state index contributed by atoms with van der Waals surface area (Å²) >= 11 is 7.11. The Labute approximate surface area is 171 Å². The molecule has 27 heavy (non-hydrogen) atoms. The van der Waals surface area contributed by atoms with Gasteiger partial charge in [-0.3, -0.25) is 4.99 Å². The molecule has 0 heterocycles. The first-order chi connectivity index (χ1) is 13.1. The number of hydrogen-bond acceptors (Lipinski definition) is 5. The lowest BCUT2D eigenvalue weighted by Crippen LogP contribution is -2.16. The third kappa shape index (κ3) is 4.71. The van der Waals surface area contributed by atoms with Crippen molar-refractivity contribution in [1.29, 1.82) is 0 Å². The van der Waals surface area contributed by atoms with E-state index < -0.39 is 0 Å². The van der Waals surface area contributed by atoms with Crippen LogP contribution in [-0.2, 0) is 0 Å². The van der Waals surface area contributed by atoms with Crippen LogP contribution in [-0.4, -0.2) is 34.4 Å². The molecule has 0 saturated heterocycles. The molecular formula is C22H26N2OS2. The first kappa shape index (κ1) is 19.9. The minimum absolute atomic E-state index is 0.291. The standard InChI is InChI=1S/C22H26N2OS2/c1-15(21-17-8-4-3-7-16(17)11-12-20(21)25)23-13-6-14-24-19-10-5-9-18(19)22(26)27-2/h3-4,7-8,11-12,24-25H,5-6,9-10,13-14H2,1-2H3. The third-order valence-electron chi connectivity index (χ3n) is 4.94. The van der Waals surface area contributed by atoms with Crippen molar-refractivity contribution in [3.8, 4) is 5.75 Å². The zero-order valence-corrected chi connectivity index (χ0v) is 17.6. The fourth-order valence-corrected chi connectivity index (χ4v) is 4.27. The zero-order chi connectivity index (χ0) is 19.2. The average molecular weight is 399 g/mol. The minimum atomic E-state index is 0.291. The molecule has 0 radical (unpaired) electrons. The Bertz CT molecular complexity index is 902. The molecule has 2 aromatic rings. The second kappa shape index (κ2) is 9.38. The SMILES string of the molecule is CSC(=S)C1=C(NCCCN=C(C)c2c(O)ccc3ccccc23)CCC1. The summed E-state index contributed by atoms with van der Waals surface area (Å²) < 4.78 is 1.02. The lowest BCUT2D eigenvalue weighted by Gasteiger charge is -2.11. The number of rotatable bonds is 7. The average Bonchev–Trinajstić information content (AvgIpc) is 3.15. The van der Waals surface area contributed by atoms with Crippen molar-refractivity contribution in [3.05, 3.63) is 53.2 Å². The van der Waals surface area contributed by atoms with E-state index in [2.05, 4.69) is 11.4 Å². The number of aromatic hydroxyl groups is 1. The smallest absolute Gasteiger partial charge is 0.125 e. The molecule has 3 rings (SSSR count). The molecule has 0 saturated carbocycles. The van der Waals surface area contributed by atoms with Gasteiger partial charge in [-0.05, 0) is 61.3 Å². The van der Waals surface area contributed by atoms with E-state index in [0.29, 0.717) is 5.75 Å². The first-order valence-electron chi connectivity index (χ1n) is 9.38. The number of allylic oxidation sites excluding steroid dienone is 1. The van der Waals surface area contributed by atoms with Crippen LogP contribution in [0.15, 0.2) is 52.7 Å². The maximum atomic E-state index is 10.3. The highest BCUT2D eigenvalue weighted by molar-refractivity contribution is 8.23. The summed E-state index contributed by atoms with van der Waals surface area (Å²) in [7, 11) is 0. The van der Waals surface area contributed by atoms with Gasteiger partial charge >= 0.3 is 0 Å². The van der Waals surface area contributed by atoms with Crippen molar-refractivity contribution in [2.45, 2.75) is 32.6 Å². The normalized spacial score (nSPS) is 14.8. The van der Waals surface area contributed by atoms with Gasteiger partial charge in [0.2, 0.25) is 0 Å². The number of aliphatic imine (C=N–C) groups is 1. The highest BCUT2D eigenvalue weighted by atomic mass is 32.2. The number of thioether (sulfide) groups is 1. The molecule has 0 bridgehead atoms. The van der Waals surface area contributed by atoms with Crippen LogP contribution in [0.2, 0.25) is 0 Å². The molecule has 0 amide bonds. The molecule has 1 aliphatic rings. The minimum Gasteiger partial charge on any atom is -0.507 e. The molecule has 0 atom stereocenters. The topological polar surface area (TPSA) is 44.6 Å². The van der Waals surface area contributed by atoms with E-state index in [1.807, 2.05) is 37.4 Å². The lowest BCUT2D eigenvalue weighted by atomic mass is 10.0. The Balaban J connectivity index is 1.61. The van der Waals surface area contributed by atoms with Crippen LogP contribution >= 0.6 is 24.0 Å². The van der Waals surface area contributed by atoms with Crippen LogP contribution in [0.25, 0.3) is 10.8 Å². The predicted octanol–water partition coefficient (Wildman–Crippen LogP) is 5.46. The van der Waals surface area contributed by atoms with Crippen molar-refractivity contribution >= 4 is 44.7 Å². The second-order valence-corrected chi connectivity index (χ2v) is 8.21. The van der Waals surface area contributed by atoms with Crippen LogP contribution in [0.3, 0.4) is 0 Å². The summed E-state index contributed by atoms with van der Waals surface area (Å²) in [6.07, 6.45) is 6.38. The molecule has 2 N–H and O–H groups in total. The molecule has 0 fully saturated rings. The van der Waals surface area contributed by atoms with Gasteiger partial charge in [-0.1, -0.05) is 42.5 Å². The summed E-state index contributed by atoms with van der Waals surface area (Å²) in [6, 6.07) is 11.8. The highest BCUT2D eigenvalue weighted by Gasteiger charge is 2.17. The number of phenolic OH excluding ortho intramolecular Hbond substituents is 1. The number of nitrogens with zero attached hydrogens (tertiary/aromatic N) is 1.